The number of hydrogen-bond acceptors (Lipinski definition) is 2. The molecule has 0 aromatic heterocycles. The highest BCUT2D eigenvalue weighted by Crippen LogP contribution is 2.26. The number of nitrogens with zero attached hydrogens (tertiary/aromatic N) is 1. The molecule has 0 aromatic rings. The van der Waals surface area contributed by atoms with Crippen molar-refractivity contribution < 1.29 is 4.79 Å². The van der Waals surface area contributed by atoms with Crippen LogP contribution in [-0.4, -0.2) is 5.78 Å². The predicted molar refractivity (Wildman–Crippen MR) is 43.9 cm³/mol. The molecular formula is C9H15NO. The summed E-state index contributed by atoms with van der Waals surface area (Å²) in [6, 6.07) is 1.87. The largest absolute Gasteiger partial charge is 0.298 e. The molecule has 0 N–H and O–H groups in total. The zero-order chi connectivity index (χ0) is 9.07. The molecule has 1 atom stereocenters. The van der Waals surface area contributed by atoms with Crippen LogP contribution in [0.5, 0.6) is 0 Å². The van der Waals surface area contributed by atoms with E-state index >= 15 is 0 Å². The van der Waals surface area contributed by atoms with Gasteiger partial charge < -0.3 is 0 Å². The van der Waals surface area contributed by atoms with Gasteiger partial charge in [0.1, 0.15) is 5.78 Å². The molecule has 0 fully saturated rings. The fourth-order valence-electron chi connectivity index (χ4n) is 0.714. The predicted octanol–water partition coefficient (Wildman–Crippen LogP) is 2.15. The summed E-state index contributed by atoms with van der Waals surface area (Å²) in [6.45, 7) is 7.90. The summed E-state index contributed by atoms with van der Waals surface area (Å²) in [4.78, 5) is 11.2. The van der Waals surface area contributed by atoms with Crippen molar-refractivity contribution in [2.24, 2.45) is 11.3 Å². The van der Waals surface area contributed by atoms with Crippen molar-refractivity contribution in [2.45, 2.75) is 34.1 Å². The van der Waals surface area contributed by atoms with E-state index in [0.29, 0.717) is 0 Å². The Balaban J connectivity index is 4.17. The van der Waals surface area contributed by atoms with E-state index in [0.717, 1.165) is 0 Å². The van der Waals surface area contributed by atoms with E-state index in [1.807, 2.05) is 33.8 Å². The van der Waals surface area contributed by atoms with E-state index in [1.54, 1.807) is 0 Å². The lowest BCUT2D eigenvalue weighted by Gasteiger charge is -2.24. The Labute approximate surface area is 68.2 Å². The Morgan fingerprint density at radius 1 is 1.55 bits per heavy atom. The normalized spacial score (nSPS) is 13.7. The lowest BCUT2D eigenvalue weighted by atomic mass is 9.79. The Kier molecular flexibility index (Phi) is 3.25. The van der Waals surface area contributed by atoms with Crippen LogP contribution in [0.4, 0.5) is 0 Å². The van der Waals surface area contributed by atoms with E-state index in [9.17, 15) is 4.79 Å². The summed E-state index contributed by atoms with van der Waals surface area (Å²) < 4.78 is 0. The van der Waals surface area contributed by atoms with Crippen LogP contribution < -0.4 is 0 Å². The molecule has 0 aliphatic heterocycles. The van der Waals surface area contributed by atoms with E-state index < -0.39 is 0 Å². The Hall–Kier alpha value is -0.840. The first kappa shape index (κ1) is 10.2. The standard InChI is InChI=1S/C9H15NO/c1-7(9(2,3)4)8(11)5-6-10/h7H,5H2,1-4H3. The van der Waals surface area contributed by atoms with Crippen molar-refractivity contribution in [1.82, 2.24) is 0 Å². The zero-order valence-corrected chi connectivity index (χ0v) is 7.64. The average Bonchev–Trinajstić information content (AvgIpc) is 1.85. The molecule has 0 aromatic carbocycles. The number of hydrogen-bond donors (Lipinski definition) is 0. The highest BCUT2D eigenvalue weighted by Gasteiger charge is 2.25. The third-order valence-corrected chi connectivity index (χ3v) is 2.04. The Morgan fingerprint density at radius 2 is 2.00 bits per heavy atom. The molecular weight excluding hydrogens is 138 g/mol. The van der Waals surface area contributed by atoms with Gasteiger partial charge >= 0.3 is 0 Å². The van der Waals surface area contributed by atoms with Gasteiger partial charge in [-0.3, -0.25) is 4.79 Å². The fraction of sp³-hybridized carbons (Fsp3) is 0.778. The monoisotopic (exact) mass is 153 g/mol. The van der Waals surface area contributed by atoms with E-state index in [1.165, 1.54) is 0 Å². The van der Waals surface area contributed by atoms with Crippen LogP contribution in [0, 0.1) is 22.7 Å². The second-order valence-corrected chi connectivity index (χ2v) is 3.89. The maximum atomic E-state index is 11.2. The van der Waals surface area contributed by atoms with Crippen molar-refractivity contribution in [2.75, 3.05) is 0 Å². The van der Waals surface area contributed by atoms with Gasteiger partial charge in [0.05, 0.1) is 12.5 Å². The van der Waals surface area contributed by atoms with Crippen LogP contribution in [-0.2, 0) is 4.79 Å². The van der Waals surface area contributed by atoms with Gasteiger partial charge in [0.15, 0.2) is 0 Å². The topological polar surface area (TPSA) is 40.9 Å². The molecule has 0 bridgehead atoms. The quantitative estimate of drug-likeness (QED) is 0.610. The van der Waals surface area contributed by atoms with Crippen molar-refractivity contribution in [3.05, 3.63) is 0 Å². The van der Waals surface area contributed by atoms with Gasteiger partial charge in [0.25, 0.3) is 0 Å². The van der Waals surface area contributed by atoms with E-state index in [-0.39, 0.29) is 23.5 Å². The summed E-state index contributed by atoms with van der Waals surface area (Å²) in [6.07, 6.45) is 0.0401. The Morgan fingerprint density at radius 3 is 2.27 bits per heavy atom. The molecule has 0 saturated heterocycles. The first-order valence-electron chi connectivity index (χ1n) is 3.79. The molecule has 0 saturated carbocycles. The van der Waals surface area contributed by atoms with Crippen molar-refractivity contribution in [1.29, 1.82) is 5.26 Å². The maximum Gasteiger partial charge on any atom is 0.150 e. The molecule has 0 aliphatic rings. The second-order valence-electron chi connectivity index (χ2n) is 3.89. The van der Waals surface area contributed by atoms with Crippen molar-refractivity contribution >= 4 is 5.78 Å². The van der Waals surface area contributed by atoms with Gasteiger partial charge in [-0.2, -0.15) is 5.26 Å². The van der Waals surface area contributed by atoms with Gasteiger partial charge in [0, 0.05) is 5.92 Å². The van der Waals surface area contributed by atoms with Crippen molar-refractivity contribution in [3.63, 3.8) is 0 Å². The minimum atomic E-state index is -0.0258. The number of Topliss-reactive ketones (excluding diaryl/α,β-unsaturated/α-hetero) is 1. The van der Waals surface area contributed by atoms with Crippen LogP contribution in [0.3, 0.4) is 0 Å². The minimum Gasteiger partial charge on any atom is -0.298 e. The number of carbonyl (C=O) groups is 1. The smallest absolute Gasteiger partial charge is 0.150 e. The number of ketones is 1. The van der Waals surface area contributed by atoms with Gasteiger partial charge in [0.2, 0.25) is 0 Å². The summed E-state index contributed by atoms with van der Waals surface area (Å²) in [5.74, 6) is 0.0159. The molecule has 0 amide bonds. The van der Waals surface area contributed by atoms with Gasteiger partial charge in [-0.15, -0.1) is 0 Å². The molecule has 0 rings (SSSR count). The van der Waals surface area contributed by atoms with Crippen LogP contribution in [0.15, 0.2) is 0 Å². The van der Waals surface area contributed by atoms with Crippen molar-refractivity contribution in [3.8, 4) is 6.07 Å². The molecule has 2 heteroatoms. The van der Waals surface area contributed by atoms with Gasteiger partial charge in [-0.1, -0.05) is 27.7 Å². The number of rotatable bonds is 2. The van der Waals surface area contributed by atoms with Crippen LogP contribution in [0.1, 0.15) is 34.1 Å². The molecule has 1 unspecified atom stereocenters. The average molecular weight is 153 g/mol. The lowest BCUT2D eigenvalue weighted by Crippen LogP contribution is -2.25. The first-order valence-corrected chi connectivity index (χ1v) is 3.79. The van der Waals surface area contributed by atoms with Gasteiger partial charge in [-0.25, -0.2) is 0 Å². The molecule has 0 heterocycles. The summed E-state index contributed by atoms with van der Waals surface area (Å²) in [5.41, 5.74) is -0.0199. The molecule has 0 spiro atoms. The number of nitriles is 1. The summed E-state index contributed by atoms with van der Waals surface area (Å²) in [7, 11) is 0. The second kappa shape index (κ2) is 3.52. The highest BCUT2D eigenvalue weighted by atomic mass is 16.1. The van der Waals surface area contributed by atoms with E-state index in [4.69, 9.17) is 5.26 Å². The third-order valence-electron chi connectivity index (χ3n) is 2.04. The summed E-state index contributed by atoms with van der Waals surface area (Å²) >= 11 is 0. The van der Waals surface area contributed by atoms with Crippen LogP contribution >= 0.6 is 0 Å². The molecule has 0 radical (unpaired) electrons. The maximum absolute atomic E-state index is 11.2. The first-order chi connectivity index (χ1) is 4.89. The highest BCUT2D eigenvalue weighted by molar-refractivity contribution is 5.83. The zero-order valence-electron chi connectivity index (χ0n) is 7.64. The third kappa shape index (κ3) is 3.18. The van der Waals surface area contributed by atoms with Gasteiger partial charge in [-0.05, 0) is 5.41 Å². The fourth-order valence-corrected chi connectivity index (χ4v) is 0.714. The Bertz CT molecular complexity index is 183. The molecule has 2 nitrogen and oxygen atoms in total. The van der Waals surface area contributed by atoms with E-state index in [2.05, 4.69) is 0 Å². The molecule has 0 aliphatic carbocycles. The summed E-state index contributed by atoms with van der Waals surface area (Å²) in [5, 5.41) is 8.28. The van der Waals surface area contributed by atoms with Crippen LogP contribution in [0.2, 0.25) is 0 Å². The van der Waals surface area contributed by atoms with Crippen LogP contribution in [0.25, 0.3) is 0 Å². The molecule has 11 heavy (non-hydrogen) atoms. The SMILES string of the molecule is CC(C(=O)CC#N)C(C)(C)C. The lowest BCUT2D eigenvalue weighted by molar-refractivity contribution is -0.124. The number of carbonyl (C=O) groups excluding carboxylic acids is 1. The molecule has 62 valence electrons. The minimum absolute atomic E-state index is 0.0199.